The minimum atomic E-state index is -0.151. The number of rotatable bonds is 3. The molecule has 2 aromatic rings. The van der Waals surface area contributed by atoms with Crippen LogP contribution in [0.5, 0.6) is 0 Å². The van der Waals surface area contributed by atoms with Crippen LogP contribution >= 0.6 is 0 Å². The monoisotopic (exact) mass is 252 g/mol. The second-order valence-corrected chi connectivity index (χ2v) is 5.27. The molecule has 0 aliphatic rings. The number of hydrogen-bond donors (Lipinski definition) is 0. The summed E-state index contributed by atoms with van der Waals surface area (Å²) in [6.45, 7) is 7.95. The molecule has 0 saturated carbocycles. The van der Waals surface area contributed by atoms with Gasteiger partial charge in [0.25, 0.3) is 0 Å². The molecule has 0 unspecified atom stereocenters. The van der Waals surface area contributed by atoms with E-state index >= 15 is 0 Å². The van der Waals surface area contributed by atoms with Gasteiger partial charge >= 0.3 is 0 Å². The SMILES string of the molecule is CC(=O)[C@H](c1ccccc1)c1c(C)cc(C)cc1C. The molecule has 0 aromatic heterocycles. The maximum atomic E-state index is 12.1. The standard InChI is InChI=1S/C18H20O/c1-12-10-13(2)17(14(3)11-12)18(15(4)19)16-8-6-5-7-9-16/h5-11,18H,1-4H3/t18-/m1/s1. The lowest BCUT2D eigenvalue weighted by Gasteiger charge is -2.20. The first-order valence-electron chi connectivity index (χ1n) is 6.64. The molecule has 0 aliphatic heterocycles. The lowest BCUT2D eigenvalue weighted by Crippen LogP contribution is -2.13. The van der Waals surface area contributed by atoms with Gasteiger partial charge in [-0.1, -0.05) is 48.0 Å². The minimum absolute atomic E-state index is 0.151. The number of ketones is 1. The van der Waals surface area contributed by atoms with Gasteiger partial charge in [0.1, 0.15) is 5.78 Å². The molecule has 0 spiro atoms. The number of carbonyl (C=O) groups is 1. The molecular weight excluding hydrogens is 232 g/mol. The molecule has 98 valence electrons. The van der Waals surface area contributed by atoms with Gasteiger partial charge in [0, 0.05) is 0 Å². The van der Waals surface area contributed by atoms with Crippen LogP contribution in [0, 0.1) is 20.8 Å². The smallest absolute Gasteiger partial charge is 0.141 e. The Hall–Kier alpha value is -1.89. The van der Waals surface area contributed by atoms with Gasteiger partial charge in [-0.3, -0.25) is 4.79 Å². The van der Waals surface area contributed by atoms with Crippen LogP contribution in [-0.2, 0) is 4.79 Å². The number of benzene rings is 2. The Bertz CT molecular complexity index is 573. The first kappa shape index (κ1) is 13.5. The predicted octanol–water partition coefficient (Wildman–Crippen LogP) is 4.33. The van der Waals surface area contributed by atoms with Crippen LogP contribution < -0.4 is 0 Å². The molecule has 0 aliphatic carbocycles. The van der Waals surface area contributed by atoms with Crippen LogP contribution in [0.2, 0.25) is 0 Å². The molecule has 2 rings (SSSR count). The van der Waals surface area contributed by atoms with Crippen molar-refractivity contribution in [2.45, 2.75) is 33.6 Å². The topological polar surface area (TPSA) is 17.1 Å². The molecule has 0 amide bonds. The summed E-state index contributed by atoms with van der Waals surface area (Å²) < 4.78 is 0. The molecule has 0 bridgehead atoms. The number of carbonyl (C=O) groups excluding carboxylic acids is 1. The predicted molar refractivity (Wildman–Crippen MR) is 79.6 cm³/mol. The summed E-state index contributed by atoms with van der Waals surface area (Å²) in [6, 6.07) is 14.3. The van der Waals surface area contributed by atoms with E-state index in [0.717, 1.165) is 11.1 Å². The summed E-state index contributed by atoms with van der Waals surface area (Å²) in [5, 5.41) is 0. The van der Waals surface area contributed by atoms with Crippen LogP contribution in [0.25, 0.3) is 0 Å². The Labute approximate surface area is 115 Å². The van der Waals surface area contributed by atoms with Gasteiger partial charge in [0.15, 0.2) is 0 Å². The van der Waals surface area contributed by atoms with Gasteiger partial charge in [0.05, 0.1) is 5.92 Å². The van der Waals surface area contributed by atoms with E-state index in [1.165, 1.54) is 16.7 Å². The van der Waals surface area contributed by atoms with Crippen LogP contribution in [0.3, 0.4) is 0 Å². The highest BCUT2D eigenvalue weighted by Crippen LogP contribution is 2.31. The molecule has 2 aromatic carbocycles. The largest absolute Gasteiger partial charge is 0.299 e. The van der Waals surface area contributed by atoms with Gasteiger partial charge < -0.3 is 0 Å². The van der Waals surface area contributed by atoms with Crippen molar-refractivity contribution in [3.63, 3.8) is 0 Å². The second-order valence-electron chi connectivity index (χ2n) is 5.27. The normalized spacial score (nSPS) is 12.2. The third kappa shape index (κ3) is 2.76. The number of aryl methyl sites for hydroxylation is 3. The van der Waals surface area contributed by atoms with Crippen molar-refractivity contribution < 1.29 is 4.79 Å². The maximum Gasteiger partial charge on any atom is 0.141 e. The van der Waals surface area contributed by atoms with Crippen LogP contribution in [0.4, 0.5) is 0 Å². The highest BCUT2D eigenvalue weighted by molar-refractivity contribution is 5.87. The minimum Gasteiger partial charge on any atom is -0.299 e. The number of hydrogen-bond acceptors (Lipinski definition) is 1. The zero-order chi connectivity index (χ0) is 14.0. The van der Waals surface area contributed by atoms with Crippen molar-refractivity contribution in [1.29, 1.82) is 0 Å². The lowest BCUT2D eigenvalue weighted by atomic mass is 9.82. The van der Waals surface area contributed by atoms with Crippen LogP contribution in [0.1, 0.15) is 40.7 Å². The highest BCUT2D eigenvalue weighted by Gasteiger charge is 2.22. The summed E-state index contributed by atoms with van der Waals surface area (Å²) in [6.07, 6.45) is 0. The third-order valence-electron chi connectivity index (χ3n) is 3.57. The summed E-state index contributed by atoms with van der Waals surface area (Å²) >= 11 is 0. The van der Waals surface area contributed by atoms with Crippen LogP contribution in [-0.4, -0.2) is 5.78 Å². The van der Waals surface area contributed by atoms with Crippen molar-refractivity contribution in [2.75, 3.05) is 0 Å². The van der Waals surface area contributed by atoms with Crippen molar-refractivity contribution in [1.82, 2.24) is 0 Å². The van der Waals surface area contributed by atoms with E-state index in [4.69, 9.17) is 0 Å². The van der Waals surface area contributed by atoms with Crippen molar-refractivity contribution in [3.8, 4) is 0 Å². The first-order chi connectivity index (χ1) is 9.00. The zero-order valence-electron chi connectivity index (χ0n) is 12.0. The summed E-state index contributed by atoms with van der Waals surface area (Å²) in [7, 11) is 0. The molecule has 1 heteroatoms. The fourth-order valence-electron chi connectivity index (χ4n) is 2.90. The summed E-state index contributed by atoms with van der Waals surface area (Å²) in [5.74, 6) is 0.0445. The summed E-state index contributed by atoms with van der Waals surface area (Å²) in [4.78, 5) is 12.1. The molecule has 0 saturated heterocycles. The van der Waals surface area contributed by atoms with E-state index < -0.39 is 0 Å². The average Bonchev–Trinajstić information content (AvgIpc) is 2.34. The third-order valence-corrected chi connectivity index (χ3v) is 3.57. The van der Waals surface area contributed by atoms with E-state index in [1.807, 2.05) is 30.3 Å². The molecular formula is C18H20O. The van der Waals surface area contributed by atoms with E-state index in [2.05, 4.69) is 32.9 Å². The van der Waals surface area contributed by atoms with Crippen molar-refractivity contribution >= 4 is 5.78 Å². The Kier molecular flexibility index (Phi) is 3.84. The van der Waals surface area contributed by atoms with E-state index in [-0.39, 0.29) is 11.7 Å². The van der Waals surface area contributed by atoms with Gasteiger partial charge in [-0.15, -0.1) is 0 Å². The second kappa shape index (κ2) is 5.40. The Morgan fingerprint density at radius 2 is 1.47 bits per heavy atom. The zero-order valence-corrected chi connectivity index (χ0v) is 12.0. The molecule has 1 atom stereocenters. The fourth-order valence-corrected chi connectivity index (χ4v) is 2.90. The highest BCUT2D eigenvalue weighted by atomic mass is 16.1. The Morgan fingerprint density at radius 1 is 0.947 bits per heavy atom. The van der Waals surface area contributed by atoms with Crippen LogP contribution in [0.15, 0.2) is 42.5 Å². The average molecular weight is 252 g/mol. The fraction of sp³-hybridized carbons (Fsp3) is 0.278. The van der Waals surface area contributed by atoms with Gasteiger partial charge in [0.2, 0.25) is 0 Å². The lowest BCUT2D eigenvalue weighted by molar-refractivity contribution is -0.117. The van der Waals surface area contributed by atoms with Gasteiger partial charge in [-0.25, -0.2) is 0 Å². The molecule has 0 radical (unpaired) electrons. The Balaban J connectivity index is 2.62. The Morgan fingerprint density at radius 3 is 1.95 bits per heavy atom. The molecule has 0 fully saturated rings. The van der Waals surface area contributed by atoms with E-state index in [9.17, 15) is 4.79 Å². The maximum absolute atomic E-state index is 12.1. The van der Waals surface area contributed by atoms with Crippen molar-refractivity contribution in [3.05, 3.63) is 70.3 Å². The van der Waals surface area contributed by atoms with Gasteiger partial charge in [-0.2, -0.15) is 0 Å². The van der Waals surface area contributed by atoms with E-state index in [1.54, 1.807) is 6.92 Å². The molecule has 19 heavy (non-hydrogen) atoms. The van der Waals surface area contributed by atoms with Crippen molar-refractivity contribution in [2.24, 2.45) is 0 Å². The summed E-state index contributed by atoms with van der Waals surface area (Å²) in [5.41, 5.74) is 5.87. The number of Topliss-reactive ketones (excluding diaryl/α,β-unsaturated/α-hetero) is 1. The molecule has 1 nitrogen and oxygen atoms in total. The van der Waals surface area contributed by atoms with E-state index in [0.29, 0.717) is 0 Å². The first-order valence-corrected chi connectivity index (χ1v) is 6.64. The quantitative estimate of drug-likeness (QED) is 0.794. The molecule has 0 N–H and O–H groups in total. The van der Waals surface area contributed by atoms with Gasteiger partial charge in [-0.05, 0) is 49.9 Å². The molecule has 0 heterocycles.